The molecular weight excluding hydrogens is 332 g/mol. The predicted octanol–water partition coefficient (Wildman–Crippen LogP) is 4.81. The van der Waals surface area contributed by atoms with Crippen LogP contribution in [0.4, 0.5) is 0 Å². The molecule has 2 aromatic carbocycles. The zero-order valence-corrected chi connectivity index (χ0v) is 15.1. The molecule has 0 saturated carbocycles. The molecule has 0 aliphatic carbocycles. The molecule has 0 unspecified atom stereocenters. The number of thiazole rings is 1. The van der Waals surface area contributed by atoms with E-state index in [0.717, 1.165) is 37.8 Å². The van der Waals surface area contributed by atoms with Gasteiger partial charge in [0.05, 0.1) is 17.5 Å². The molecule has 126 valence electrons. The van der Waals surface area contributed by atoms with Crippen molar-refractivity contribution in [2.45, 2.75) is 19.9 Å². The van der Waals surface area contributed by atoms with E-state index in [1.807, 2.05) is 35.1 Å². The molecule has 0 spiro atoms. The van der Waals surface area contributed by atoms with Crippen LogP contribution < -0.4 is 4.74 Å². The van der Waals surface area contributed by atoms with Crippen molar-refractivity contribution >= 4 is 22.4 Å². The van der Waals surface area contributed by atoms with Crippen LogP contribution in [0.2, 0.25) is 0 Å². The maximum Gasteiger partial charge on any atom is 0.123 e. The number of hydrogen-bond acceptors (Lipinski definition) is 5. The minimum atomic E-state index is 0.289. The lowest BCUT2D eigenvalue weighted by molar-refractivity contribution is 0.415. The lowest BCUT2D eigenvalue weighted by Crippen LogP contribution is -2.02. The molecule has 5 nitrogen and oxygen atoms in total. The van der Waals surface area contributed by atoms with Gasteiger partial charge in [-0.2, -0.15) is 0 Å². The third-order valence-electron chi connectivity index (χ3n) is 4.09. The third-order valence-corrected chi connectivity index (χ3v) is 5.18. The van der Waals surface area contributed by atoms with E-state index < -0.39 is 0 Å². The number of ether oxygens (including phenoxy) is 1. The van der Waals surface area contributed by atoms with Crippen molar-refractivity contribution < 1.29 is 4.74 Å². The molecule has 0 aliphatic rings. The number of nitrogens with zero attached hydrogens (tertiary/aromatic N) is 4. The summed E-state index contributed by atoms with van der Waals surface area (Å²) in [4.78, 5) is 5.71. The maximum absolute atomic E-state index is 5.21. The molecule has 4 aromatic rings. The van der Waals surface area contributed by atoms with E-state index in [1.54, 1.807) is 18.4 Å². The van der Waals surface area contributed by atoms with Gasteiger partial charge in [0, 0.05) is 17.8 Å². The highest BCUT2D eigenvalue weighted by Crippen LogP contribution is 2.33. The summed E-state index contributed by atoms with van der Waals surface area (Å²) in [6.45, 7) is 4.20. The second-order valence-electron chi connectivity index (χ2n) is 6.09. The molecule has 0 atom stereocenters. The van der Waals surface area contributed by atoms with Crippen LogP contribution in [-0.4, -0.2) is 27.1 Å². The Kier molecular flexibility index (Phi) is 3.97. The second-order valence-corrected chi connectivity index (χ2v) is 7.12. The van der Waals surface area contributed by atoms with Crippen LogP contribution in [0.15, 0.2) is 48.7 Å². The van der Waals surface area contributed by atoms with Crippen molar-refractivity contribution in [1.29, 1.82) is 0 Å². The summed E-state index contributed by atoms with van der Waals surface area (Å²) in [7, 11) is 1.67. The Morgan fingerprint density at radius 3 is 2.52 bits per heavy atom. The predicted molar refractivity (Wildman–Crippen MR) is 101 cm³/mol. The molecule has 2 aromatic heterocycles. The van der Waals surface area contributed by atoms with Crippen molar-refractivity contribution in [2.75, 3.05) is 7.11 Å². The highest BCUT2D eigenvalue weighted by Gasteiger charge is 2.11. The van der Waals surface area contributed by atoms with E-state index in [2.05, 4.69) is 47.3 Å². The van der Waals surface area contributed by atoms with Gasteiger partial charge in [-0.1, -0.05) is 5.21 Å². The van der Waals surface area contributed by atoms with Crippen LogP contribution in [0, 0.1) is 0 Å². The van der Waals surface area contributed by atoms with Crippen molar-refractivity contribution in [3.8, 4) is 26.8 Å². The summed E-state index contributed by atoms with van der Waals surface area (Å²) >= 11 is 1.67. The van der Waals surface area contributed by atoms with Gasteiger partial charge in [-0.15, -0.1) is 16.4 Å². The van der Waals surface area contributed by atoms with Gasteiger partial charge in [-0.05, 0) is 61.9 Å². The number of rotatable bonds is 4. The first kappa shape index (κ1) is 15.8. The largest absolute Gasteiger partial charge is 0.497 e. The van der Waals surface area contributed by atoms with Gasteiger partial charge in [0.2, 0.25) is 0 Å². The van der Waals surface area contributed by atoms with Gasteiger partial charge in [0.25, 0.3) is 0 Å². The number of benzene rings is 2. The van der Waals surface area contributed by atoms with Crippen LogP contribution in [0.25, 0.3) is 32.0 Å². The highest BCUT2D eigenvalue weighted by molar-refractivity contribution is 7.18. The van der Waals surface area contributed by atoms with Crippen LogP contribution >= 0.6 is 11.3 Å². The van der Waals surface area contributed by atoms with E-state index in [1.165, 1.54) is 0 Å². The lowest BCUT2D eigenvalue weighted by Gasteiger charge is -2.05. The zero-order valence-electron chi connectivity index (χ0n) is 14.3. The fourth-order valence-corrected chi connectivity index (χ4v) is 3.67. The normalized spacial score (nSPS) is 11.4. The Balaban J connectivity index is 1.68. The monoisotopic (exact) mass is 350 g/mol. The second kappa shape index (κ2) is 6.29. The average molecular weight is 350 g/mol. The molecule has 0 aliphatic heterocycles. The van der Waals surface area contributed by atoms with E-state index in [-0.39, 0.29) is 6.04 Å². The van der Waals surface area contributed by atoms with Crippen molar-refractivity contribution in [1.82, 2.24) is 20.0 Å². The maximum atomic E-state index is 5.21. The summed E-state index contributed by atoms with van der Waals surface area (Å²) in [6.07, 6.45) is 1.91. The first-order chi connectivity index (χ1) is 12.2. The fraction of sp³-hybridized carbons (Fsp3) is 0.211. The van der Waals surface area contributed by atoms with Crippen LogP contribution in [-0.2, 0) is 0 Å². The van der Waals surface area contributed by atoms with Gasteiger partial charge in [-0.3, -0.25) is 0 Å². The van der Waals surface area contributed by atoms with Crippen molar-refractivity contribution in [3.05, 3.63) is 48.7 Å². The van der Waals surface area contributed by atoms with E-state index in [9.17, 15) is 0 Å². The summed E-state index contributed by atoms with van der Waals surface area (Å²) < 4.78 is 7.15. The van der Waals surface area contributed by atoms with Crippen molar-refractivity contribution in [2.24, 2.45) is 0 Å². The van der Waals surface area contributed by atoms with E-state index in [0.29, 0.717) is 0 Å². The Bertz CT molecular complexity index is 1020. The van der Waals surface area contributed by atoms with Gasteiger partial charge < -0.3 is 4.74 Å². The van der Waals surface area contributed by atoms with Crippen LogP contribution in [0.1, 0.15) is 19.9 Å². The Morgan fingerprint density at radius 1 is 1.04 bits per heavy atom. The van der Waals surface area contributed by atoms with Crippen molar-refractivity contribution in [3.63, 3.8) is 0 Å². The van der Waals surface area contributed by atoms with Crippen LogP contribution in [0.5, 0.6) is 5.75 Å². The summed E-state index contributed by atoms with van der Waals surface area (Å²) in [5.41, 5.74) is 4.14. The summed E-state index contributed by atoms with van der Waals surface area (Å²) in [5, 5.41) is 9.50. The standard InChI is InChI=1S/C19H18N4OS/c1-12(2)23-17-9-6-14(10-16(17)21-22-23)19-20-11-18(25-19)13-4-7-15(24-3)8-5-13/h4-12H,1-3H3. The summed E-state index contributed by atoms with van der Waals surface area (Å²) in [6, 6.07) is 14.5. The Labute approximate surface area is 149 Å². The van der Waals surface area contributed by atoms with Gasteiger partial charge in [0.15, 0.2) is 0 Å². The smallest absolute Gasteiger partial charge is 0.123 e. The quantitative estimate of drug-likeness (QED) is 0.530. The van der Waals surface area contributed by atoms with Gasteiger partial charge in [-0.25, -0.2) is 9.67 Å². The minimum Gasteiger partial charge on any atom is -0.497 e. The number of hydrogen-bond donors (Lipinski definition) is 0. The first-order valence-electron chi connectivity index (χ1n) is 8.11. The molecule has 0 N–H and O–H groups in total. The molecule has 4 rings (SSSR count). The SMILES string of the molecule is COc1ccc(-c2cnc(-c3ccc4c(c3)nnn4C(C)C)s2)cc1. The molecule has 0 bridgehead atoms. The first-order valence-corrected chi connectivity index (χ1v) is 8.93. The summed E-state index contributed by atoms with van der Waals surface area (Å²) in [5.74, 6) is 0.854. The molecule has 0 amide bonds. The average Bonchev–Trinajstić information content (AvgIpc) is 3.28. The minimum absolute atomic E-state index is 0.289. The van der Waals surface area contributed by atoms with E-state index >= 15 is 0 Å². The topological polar surface area (TPSA) is 52.8 Å². The number of aromatic nitrogens is 4. The molecular formula is C19H18N4OS. The Hall–Kier alpha value is -2.73. The number of fused-ring (bicyclic) bond motifs is 1. The molecule has 25 heavy (non-hydrogen) atoms. The molecule has 6 heteroatoms. The fourth-order valence-electron chi connectivity index (χ4n) is 2.75. The third kappa shape index (κ3) is 2.89. The van der Waals surface area contributed by atoms with Gasteiger partial charge >= 0.3 is 0 Å². The van der Waals surface area contributed by atoms with E-state index in [4.69, 9.17) is 4.74 Å². The molecule has 2 heterocycles. The Morgan fingerprint density at radius 2 is 1.80 bits per heavy atom. The molecule has 0 fully saturated rings. The molecule has 0 radical (unpaired) electrons. The zero-order chi connectivity index (χ0) is 17.4. The highest BCUT2D eigenvalue weighted by atomic mass is 32.1. The molecule has 0 saturated heterocycles. The number of methoxy groups -OCH3 is 1. The van der Waals surface area contributed by atoms with Crippen LogP contribution in [0.3, 0.4) is 0 Å². The lowest BCUT2D eigenvalue weighted by atomic mass is 10.2. The van der Waals surface area contributed by atoms with Gasteiger partial charge in [0.1, 0.15) is 16.3 Å².